The Morgan fingerprint density at radius 2 is 0.300 bits per heavy atom. The Balaban J connectivity index is -0.000000000179. The van der Waals surface area contributed by atoms with Crippen molar-refractivity contribution in [2.45, 2.75) is 0 Å². The molecule has 0 fully saturated rings. The third kappa shape index (κ3) is 554. The molecule has 0 aliphatic carbocycles. The van der Waals surface area contributed by atoms with Crippen molar-refractivity contribution >= 4 is 0 Å². The Kier molecular flexibility index (Phi) is 687000. The van der Waals surface area contributed by atoms with Crippen LogP contribution in [0.1, 0.15) is 0 Å². The average Bonchev–Trinajstić information content (AvgIpc) is 1.00. The standard InChI is InChI=1S/O2.8H2O/c1-2;;;;;;;;/h;8*1H2. The number of hydrogen-bond acceptors (Lipinski definition) is 2. The summed E-state index contributed by atoms with van der Waals surface area (Å²) < 4.78 is 0. The minimum atomic E-state index is 0. The van der Waals surface area contributed by atoms with E-state index in [-0.39, 0.29) is 43.8 Å². The molecule has 0 heterocycles. The predicted molar refractivity (Wildman–Crippen MR) is 35.6 cm³/mol. The molecule has 0 saturated heterocycles. The summed E-state index contributed by atoms with van der Waals surface area (Å²) in [4.78, 5) is 14.0. The minimum Gasteiger partial charge on any atom is -0.412 e. The van der Waals surface area contributed by atoms with Crippen LogP contribution in [0.5, 0.6) is 0 Å². The summed E-state index contributed by atoms with van der Waals surface area (Å²) in [6, 6.07) is 0. The maximum Gasteiger partial charge on any atom is 0 e. The van der Waals surface area contributed by atoms with Crippen LogP contribution < -0.4 is 0 Å². The topological polar surface area (TPSA) is 286 Å². The predicted octanol–water partition coefficient (Wildman–Crippen LogP) is -6.53. The molecule has 0 amide bonds. The van der Waals surface area contributed by atoms with Crippen LogP contribution in [0.3, 0.4) is 0 Å². The van der Waals surface area contributed by atoms with Crippen molar-refractivity contribution in [2.75, 3.05) is 0 Å². The summed E-state index contributed by atoms with van der Waals surface area (Å²) in [6.45, 7) is 0. The van der Waals surface area contributed by atoms with Crippen molar-refractivity contribution in [3.63, 3.8) is 0 Å². The van der Waals surface area contributed by atoms with Crippen LogP contribution in [-0.4, -0.2) is 43.8 Å². The van der Waals surface area contributed by atoms with Crippen molar-refractivity contribution in [1.82, 2.24) is 0 Å². The van der Waals surface area contributed by atoms with Crippen molar-refractivity contribution in [3.8, 4) is 0 Å². The number of rotatable bonds is 0. The van der Waals surface area contributed by atoms with Crippen LogP contribution in [0.25, 0.3) is 0 Å². The maximum absolute atomic E-state index is 7.00. The van der Waals surface area contributed by atoms with Crippen molar-refractivity contribution < 1.29 is 43.8 Å². The number of hydrogen-bond donors (Lipinski definition) is 0. The highest BCUT2D eigenvalue weighted by atomic mass is 16.7. The van der Waals surface area contributed by atoms with Crippen molar-refractivity contribution in [1.29, 1.82) is 0 Å². The maximum atomic E-state index is 7.00. The highest BCUT2D eigenvalue weighted by molar-refractivity contribution is 4.07. The van der Waals surface area contributed by atoms with Gasteiger partial charge in [0.2, 0.25) is 0 Å². The molecule has 76 valence electrons. The Morgan fingerprint density at radius 3 is 0.300 bits per heavy atom. The second-order valence-electron chi connectivity index (χ2n) is 0. The first kappa shape index (κ1) is 8120. The first-order valence-corrected chi connectivity index (χ1v) is 0.167. The Morgan fingerprint density at radius 1 is 0.300 bits per heavy atom. The summed E-state index contributed by atoms with van der Waals surface area (Å²) in [7, 11) is 0. The van der Waals surface area contributed by atoms with Gasteiger partial charge >= 0.3 is 0 Å². The second kappa shape index (κ2) is 847. The van der Waals surface area contributed by atoms with Gasteiger partial charge in [-0.15, -0.1) is 0 Å². The molecule has 0 unspecified atom stereocenters. The van der Waals surface area contributed by atoms with E-state index in [9.17, 15) is 0 Å². The van der Waals surface area contributed by atoms with Crippen molar-refractivity contribution in [3.05, 3.63) is 9.93 Å². The van der Waals surface area contributed by atoms with E-state index in [2.05, 4.69) is 0 Å². The van der Waals surface area contributed by atoms with Crippen LogP contribution in [0.15, 0.2) is 0 Å². The van der Waals surface area contributed by atoms with Gasteiger partial charge in [-0.05, 0) is 0 Å². The van der Waals surface area contributed by atoms with Crippen LogP contribution >= 0.6 is 0 Å². The van der Waals surface area contributed by atoms with Gasteiger partial charge in [0, 0.05) is 9.93 Å². The van der Waals surface area contributed by atoms with Gasteiger partial charge in [0.25, 0.3) is 0 Å². The molecular formula is H16O10. The zero-order chi connectivity index (χ0) is 2.00. The van der Waals surface area contributed by atoms with Gasteiger partial charge in [-0.25, -0.2) is 0 Å². The molecule has 0 aliphatic rings. The molecule has 0 saturated carbocycles. The molecule has 10 nitrogen and oxygen atoms in total. The van der Waals surface area contributed by atoms with Crippen LogP contribution in [0.2, 0.25) is 0 Å². The Labute approximate surface area is 55.2 Å². The van der Waals surface area contributed by atoms with Gasteiger partial charge in [-0.1, -0.05) is 0 Å². The van der Waals surface area contributed by atoms with Crippen LogP contribution in [0, 0.1) is 9.93 Å². The van der Waals surface area contributed by atoms with E-state index < -0.39 is 0 Å². The molecule has 10 heavy (non-hydrogen) atoms. The van der Waals surface area contributed by atoms with E-state index >= 15 is 0 Å². The third-order valence-corrected chi connectivity index (χ3v) is 0. The van der Waals surface area contributed by atoms with Gasteiger partial charge in [0.15, 0.2) is 0 Å². The zero-order valence-electron chi connectivity index (χ0n) is 4.82. The fourth-order valence-electron chi connectivity index (χ4n) is 0. The molecule has 0 radical (unpaired) electrons. The van der Waals surface area contributed by atoms with E-state index in [4.69, 9.17) is 9.93 Å². The van der Waals surface area contributed by atoms with Gasteiger partial charge in [-0.2, -0.15) is 0 Å². The molecule has 0 aromatic rings. The van der Waals surface area contributed by atoms with Gasteiger partial charge < -0.3 is 43.8 Å². The smallest absolute Gasteiger partial charge is 0 e. The second-order valence-corrected chi connectivity index (χ2v) is 0. The van der Waals surface area contributed by atoms with Gasteiger partial charge in [0.1, 0.15) is 0 Å². The lowest BCUT2D eigenvalue weighted by atomic mass is 15.3. The van der Waals surface area contributed by atoms with Gasteiger partial charge in [0.05, 0.1) is 0 Å². The normalized spacial score (nSPS) is 0.400. The summed E-state index contributed by atoms with van der Waals surface area (Å²) >= 11 is 0. The zero-order valence-corrected chi connectivity index (χ0v) is 4.82. The molecule has 16 N–H and O–H groups in total. The average molecular weight is 176 g/mol. The van der Waals surface area contributed by atoms with E-state index in [1.165, 1.54) is 0 Å². The summed E-state index contributed by atoms with van der Waals surface area (Å²) in [5.41, 5.74) is 0. The summed E-state index contributed by atoms with van der Waals surface area (Å²) in [6.07, 6.45) is 0. The molecule has 10 heteroatoms. The minimum absolute atomic E-state index is 0. The summed E-state index contributed by atoms with van der Waals surface area (Å²) in [5.74, 6) is 0. The molecule has 0 aromatic carbocycles. The van der Waals surface area contributed by atoms with Crippen LogP contribution in [0.4, 0.5) is 0 Å². The van der Waals surface area contributed by atoms with E-state index in [0.29, 0.717) is 0 Å². The van der Waals surface area contributed by atoms with Crippen molar-refractivity contribution in [2.24, 2.45) is 0 Å². The van der Waals surface area contributed by atoms with Crippen LogP contribution in [-0.2, 0) is 0 Å². The molecule has 0 aromatic heterocycles. The lowest BCUT2D eigenvalue weighted by Crippen LogP contribution is -0.674. The highest BCUT2D eigenvalue weighted by Crippen LogP contribution is 0.741. The lowest BCUT2D eigenvalue weighted by molar-refractivity contribution is 0.823. The fourth-order valence-corrected chi connectivity index (χ4v) is 0. The Bertz CT molecular complexity index is 0. The molecule has 0 rings (SSSR count). The third-order valence-electron chi connectivity index (χ3n) is 0. The quantitative estimate of drug-likeness (QED) is 0.347. The fraction of sp³-hybridized carbons (Fsp3) is 0. The van der Waals surface area contributed by atoms with E-state index in [1.54, 1.807) is 0 Å². The Hall–Kier alpha value is -0.720. The molecular weight excluding hydrogens is 160 g/mol. The monoisotopic (exact) mass is 176 g/mol. The van der Waals surface area contributed by atoms with E-state index in [0.717, 1.165) is 0 Å². The van der Waals surface area contributed by atoms with E-state index in [1.807, 2.05) is 0 Å². The van der Waals surface area contributed by atoms with Gasteiger partial charge in [-0.3, -0.25) is 0 Å². The molecule has 0 aliphatic heterocycles. The highest BCUT2D eigenvalue weighted by Gasteiger charge is 0.707. The molecule has 0 bridgehead atoms. The lowest BCUT2D eigenvalue weighted by Gasteiger charge is -0.707. The molecule has 0 spiro atoms. The first-order valence-electron chi connectivity index (χ1n) is 0.167. The molecule has 0 atom stereocenters. The largest absolute Gasteiger partial charge is 0.412 e. The summed E-state index contributed by atoms with van der Waals surface area (Å²) in [5, 5.41) is 0. The SMILES string of the molecule is O.O.O.O.O.O.O.O.O=O. The first-order chi connectivity index (χ1) is 1.00.